The lowest BCUT2D eigenvalue weighted by atomic mass is 9.97. The van der Waals surface area contributed by atoms with Crippen LogP contribution >= 0.6 is 11.3 Å². The number of alkyl halides is 3. The number of para-hydroxylation sites is 1. The Morgan fingerprint density at radius 3 is 2.62 bits per heavy atom. The SMILES string of the molecule is O=C(Nc1ccccc1C(F)(F)F)N1CCC(c2nc(-c3cccs3)no2)CC1. The number of thiophene rings is 1. The third kappa shape index (κ3) is 4.26. The monoisotopic (exact) mass is 422 g/mol. The normalized spacial score (nSPS) is 15.5. The molecule has 6 nitrogen and oxygen atoms in total. The summed E-state index contributed by atoms with van der Waals surface area (Å²) in [6, 6.07) is 8.21. The van der Waals surface area contributed by atoms with Gasteiger partial charge in [-0.1, -0.05) is 23.4 Å². The fourth-order valence-electron chi connectivity index (χ4n) is 3.27. The molecule has 0 saturated carbocycles. The number of hydrogen-bond donors (Lipinski definition) is 1. The summed E-state index contributed by atoms with van der Waals surface area (Å²) in [5.41, 5.74) is -1.11. The van der Waals surface area contributed by atoms with Crippen molar-refractivity contribution in [3.05, 3.63) is 53.2 Å². The lowest BCUT2D eigenvalue weighted by Crippen LogP contribution is -2.40. The number of carbonyl (C=O) groups excluding carboxylic acids is 1. The molecule has 1 saturated heterocycles. The maximum Gasteiger partial charge on any atom is 0.418 e. The van der Waals surface area contributed by atoms with Crippen LogP contribution in [0.5, 0.6) is 0 Å². The standard InChI is InChI=1S/C19H17F3N4O2S/c20-19(21,22)13-4-1-2-5-14(13)23-18(27)26-9-7-12(8-10-26)17-24-16(25-28-17)15-6-3-11-29-15/h1-6,11-12H,7-10H2,(H,23,27). The molecule has 10 heteroatoms. The molecule has 0 unspecified atom stereocenters. The molecular weight excluding hydrogens is 405 g/mol. The number of nitrogens with one attached hydrogen (secondary N) is 1. The Labute approximate surface area is 168 Å². The van der Waals surface area contributed by atoms with Gasteiger partial charge in [-0.3, -0.25) is 0 Å². The summed E-state index contributed by atoms with van der Waals surface area (Å²) in [6.45, 7) is 0.781. The average Bonchev–Trinajstić information content (AvgIpc) is 3.39. The first-order valence-corrected chi connectivity index (χ1v) is 9.89. The molecule has 152 valence electrons. The molecular formula is C19H17F3N4O2S. The summed E-state index contributed by atoms with van der Waals surface area (Å²) >= 11 is 1.52. The molecule has 0 aliphatic carbocycles. The van der Waals surface area contributed by atoms with Crippen LogP contribution in [0.15, 0.2) is 46.3 Å². The molecule has 1 aliphatic heterocycles. The molecule has 1 N–H and O–H groups in total. The van der Waals surface area contributed by atoms with Crippen molar-refractivity contribution in [1.29, 1.82) is 0 Å². The van der Waals surface area contributed by atoms with E-state index in [1.54, 1.807) is 0 Å². The van der Waals surface area contributed by atoms with Crippen LogP contribution in [0.4, 0.5) is 23.7 Å². The number of halogens is 3. The lowest BCUT2D eigenvalue weighted by molar-refractivity contribution is -0.136. The molecule has 0 atom stereocenters. The number of hydrogen-bond acceptors (Lipinski definition) is 5. The average molecular weight is 422 g/mol. The minimum Gasteiger partial charge on any atom is -0.339 e. The van der Waals surface area contributed by atoms with E-state index in [-0.39, 0.29) is 11.6 Å². The van der Waals surface area contributed by atoms with Crippen LogP contribution in [0.2, 0.25) is 0 Å². The summed E-state index contributed by atoms with van der Waals surface area (Å²) in [5, 5.41) is 8.31. The first-order valence-electron chi connectivity index (χ1n) is 9.01. The summed E-state index contributed by atoms with van der Waals surface area (Å²) < 4.78 is 44.7. The van der Waals surface area contributed by atoms with E-state index in [9.17, 15) is 18.0 Å². The largest absolute Gasteiger partial charge is 0.418 e. The molecule has 0 bridgehead atoms. The number of carbonyl (C=O) groups is 1. The molecule has 2 aromatic heterocycles. The van der Waals surface area contributed by atoms with Gasteiger partial charge in [0.1, 0.15) is 0 Å². The summed E-state index contributed by atoms with van der Waals surface area (Å²) in [5.74, 6) is 1.08. The predicted octanol–water partition coefficient (Wildman–Crippen LogP) is 5.23. The van der Waals surface area contributed by atoms with Crippen molar-refractivity contribution in [2.75, 3.05) is 18.4 Å². The van der Waals surface area contributed by atoms with Crippen LogP contribution in [0, 0.1) is 0 Å². The van der Waals surface area contributed by atoms with Gasteiger partial charge in [-0.05, 0) is 36.4 Å². The van der Waals surface area contributed by atoms with E-state index < -0.39 is 17.8 Å². The van der Waals surface area contributed by atoms with E-state index in [2.05, 4.69) is 15.5 Å². The number of rotatable bonds is 3. The van der Waals surface area contributed by atoms with Crippen molar-refractivity contribution in [2.24, 2.45) is 0 Å². The molecule has 0 spiro atoms. The van der Waals surface area contributed by atoms with Gasteiger partial charge in [0.05, 0.1) is 16.1 Å². The molecule has 2 amide bonds. The zero-order valence-electron chi connectivity index (χ0n) is 15.1. The first kappa shape index (κ1) is 19.4. The van der Waals surface area contributed by atoms with Crippen LogP contribution in [-0.4, -0.2) is 34.2 Å². The Hall–Kier alpha value is -2.88. The topological polar surface area (TPSA) is 71.3 Å². The second kappa shape index (κ2) is 7.86. The van der Waals surface area contributed by atoms with Crippen LogP contribution < -0.4 is 5.32 Å². The van der Waals surface area contributed by atoms with Gasteiger partial charge in [-0.25, -0.2) is 4.79 Å². The zero-order valence-corrected chi connectivity index (χ0v) is 16.0. The van der Waals surface area contributed by atoms with Gasteiger partial charge in [0.2, 0.25) is 11.7 Å². The van der Waals surface area contributed by atoms with Crippen molar-refractivity contribution < 1.29 is 22.5 Å². The van der Waals surface area contributed by atoms with E-state index in [0.717, 1.165) is 10.9 Å². The van der Waals surface area contributed by atoms with Gasteiger partial charge in [0.25, 0.3) is 0 Å². The van der Waals surface area contributed by atoms with E-state index in [0.29, 0.717) is 37.6 Å². The number of piperidine rings is 1. The van der Waals surface area contributed by atoms with E-state index >= 15 is 0 Å². The molecule has 1 aliphatic rings. The minimum atomic E-state index is -4.53. The Morgan fingerprint density at radius 2 is 1.93 bits per heavy atom. The highest BCUT2D eigenvalue weighted by atomic mass is 32.1. The van der Waals surface area contributed by atoms with Crippen molar-refractivity contribution in [2.45, 2.75) is 24.9 Å². The second-order valence-electron chi connectivity index (χ2n) is 6.67. The quantitative estimate of drug-likeness (QED) is 0.628. The van der Waals surface area contributed by atoms with Crippen molar-refractivity contribution in [3.63, 3.8) is 0 Å². The van der Waals surface area contributed by atoms with Crippen molar-refractivity contribution >= 4 is 23.1 Å². The van der Waals surface area contributed by atoms with Crippen LogP contribution in [-0.2, 0) is 6.18 Å². The summed E-state index contributed by atoms with van der Waals surface area (Å²) in [6.07, 6.45) is -3.34. The van der Waals surface area contributed by atoms with Crippen LogP contribution in [0.3, 0.4) is 0 Å². The molecule has 4 rings (SSSR count). The molecule has 3 heterocycles. The van der Waals surface area contributed by atoms with E-state index in [1.807, 2.05) is 17.5 Å². The highest BCUT2D eigenvalue weighted by Crippen LogP contribution is 2.35. The summed E-state index contributed by atoms with van der Waals surface area (Å²) in [4.78, 5) is 19.3. The highest BCUT2D eigenvalue weighted by molar-refractivity contribution is 7.13. The third-order valence-electron chi connectivity index (χ3n) is 4.79. The number of aromatic nitrogens is 2. The van der Waals surface area contributed by atoms with Gasteiger partial charge in [0.15, 0.2) is 0 Å². The highest BCUT2D eigenvalue weighted by Gasteiger charge is 2.34. The van der Waals surface area contributed by atoms with Crippen LogP contribution in [0.1, 0.15) is 30.2 Å². The zero-order chi connectivity index (χ0) is 20.4. The fraction of sp³-hybridized carbons (Fsp3) is 0.316. The van der Waals surface area contributed by atoms with E-state index in [4.69, 9.17) is 4.52 Å². The van der Waals surface area contributed by atoms with E-state index in [1.165, 1.54) is 34.4 Å². The Balaban J connectivity index is 1.37. The lowest BCUT2D eigenvalue weighted by Gasteiger charge is -2.30. The first-order chi connectivity index (χ1) is 13.9. The van der Waals surface area contributed by atoms with Crippen molar-refractivity contribution in [3.8, 4) is 10.7 Å². The number of anilines is 1. The predicted molar refractivity (Wildman–Crippen MR) is 102 cm³/mol. The van der Waals surface area contributed by atoms with Gasteiger partial charge in [-0.15, -0.1) is 11.3 Å². The number of urea groups is 1. The smallest absolute Gasteiger partial charge is 0.339 e. The third-order valence-corrected chi connectivity index (χ3v) is 5.65. The van der Waals surface area contributed by atoms with Crippen LogP contribution in [0.25, 0.3) is 10.7 Å². The maximum atomic E-state index is 13.1. The van der Waals surface area contributed by atoms with Gasteiger partial charge < -0.3 is 14.7 Å². The minimum absolute atomic E-state index is 0.0164. The second-order valence-corrected chi connectivity index (χ2v) is 7.62. The maximum absolute atomic E-state index is 13.1. The number of likely N-dealkylation sites (tertiary alicyclic amines) is 1. The van der Waals surface area contributed by atoms with Gasteiger partial charge in [0, 0.05) is 19.0 Å². The molecule has 1 aromatic carbocycles. The van der Waals surface area contributed by atoms with Gasteiger partial charge >= 0.3 is 12.2 Å². The Morgan fingerprint density at radius 1 is 1.17 bits per heavy atom. The summed E-state index contributed by atoms with van der Waals surface area (Å²) in [7, 11) is 0. The van der Waals surface area contributed by atoms with Gasteiger partial charge in [-0.2, -0.15) is 18.2 Å². The number of nitrogens with zero attached hydrogens (tertiary/aromatic N) is 3. The number of benzene rings is 1. The molecule has 0 radical (unpaired) electrons. The Kier molecular flexibility index (Phi) is 5.27. The molecule has 1 fully saturated rings. The fourth-order valence-corrected chi connectivity index (χ4v) is 3.92. The number of amides is 2. The molecule has 3 aromatic rings. The Bertz CT molecular complexity index is 980. The molecule has 29 heavy (non-hydrogen) atoms. The van der Waals surface area contributed by atoms with Crippen molar-refractivity contribution in [1.82, 2.24) is 15.0 Å².